The van der Waals surface area contributed by atoms with E-state index in [0.717, 1.165) is 24.2 Å². The predicted octanol–water partition coefficient (Wildman–Crippen LogP) is 2.72. The van der Waals surface area contributed by atoms with Gasteiger partial charge < -0.3 is 15.2 Å². The predicted molar refractivity (Wildman–Crippen MR) is 69.0 cm³/mol. The van der Waals surface area contributed by atoms with Gasteiger partial charge in [-0.3, -0.25) is 0 Å². The summed E-state index contributed by atoms with van der Waals surface area (Å²) >= 11 is 0. The van der Waals surface area contributed by atoms with Gasteiger partial charge in [-0.1, -0.05) is 0 Å². The number of rotatable bonds is 5. The van der Waals surface area contributed by atoms with Crippen molar-refractivity contribution in [1.29, 1.82) is 0 Å². The minimum Gasteiger partial charge on any atom is -0.496 e. The summed E-state index contributed by atoms with van der Waals surface area (Å²) in [5, 5.41) is 0. The van der Waals surface area contributed by atoms with Gasteiger partial charge in [0.05, 0.1) is 14.2 Å². The monoisotopic (exact) mass is 253 g/mol. The maximum atomic E-state index is 13.7. The largest absolute Gasteiger partial charge is 0.496 e. The van der Waals surface area contributed by atoms with E-state index in [1.807, 2.05) is 6.07 Å². The highest BCUT2D eigenvalue weighted by molar-refractivity contribution is 5.52. The molecular weight excluding hydrogens is 233 g/mol. The molecule has 1 aromatic carbocycles. The topological polar surface area (TPSA) is 44.5 Å². The average Bonchev–Trinajstić information content (AvgIpc) is 3.17. The highest BCUT2D eigenvalue weighted by atomic mass is 19.1. The Kier molecular flexibility index (Phi) is 3.48. The maximum Gasteiger partial charge on any atom is 0.128 e. The van der Waals surface area contributed by atoms with E-state index in [1.165, 1.54) is 14.0 Å². The number of alkyl halides is 1. The van der Waals surface area contributed by atoms with Gasteiger partial charge in [0.2, 0.25) is 0 Å². The van der Waals surface area contributed by atoms with Gasteiger partial charge >= 0.3 is 0 Å². The third-order valence-electron chi connectivity index (χ3n) is 3.80. The molecule has 0 bridgehead atoms. The number of nitrogens with two attached hydrogens (primary N) is 1. The molecule has 2 rings (SSSR count). The van der Waals surface area contributed by atoms with E-state index < -0.39 is 6.17 Å². The molecule has 0 aliphatic heterocycles. The molecule has 1 fully saturated rings. The van der Waals surface area contributed by atoms with E-state index in [1.54, 1.807) is 13.2 Å². The van der Waals surface area contributed by atoms with Crippen LogP contribution in [0.2, 0.25) is 0 Å². The van der Waals surface area contributed by atoms with Crippen LogP contribution in [0.25, 0.3) is 0 Å². The fourth-order valence-corrected chi connectivity index (χ4v) is 2.38. The molecule has 0 heterocycles. The molecule has 2 N–H and O–H groups in total. The SMILES string of the molecule is COc1cc(OC)c(C2(CN)CC2)cc1C(C)F. The van der Waals surface area contributed by atoms with Crippen molar-refractivity contribution in [3.63, 3.8) is 0 Å². The van der Waals surface area contributed by atoms with Crippen LogP contribution in [0.5, 0.6) is 11.5 Å². The van der Waals surface area contributed by atoms with E-state index in [9.17, 15) is 4.39 Å². The normalized spacial score (nSPS) is 18.3. The van der Waals surface area contributed by atoms with Gasteiger partial charge in [0.1, 0.15) is 17.7 Å². The van der Waals surface area contributed by atoms with Crippen LogP contribution >= 0.6 is 0 Å². The summed E-state index contributed by atoms with van der Waals surface area (Å²) < 4.78 is 24.3. The minimum atomic E-state index is -1.07. The number of hydrogen-bond acceptors (Lipinski definition) is 3. The Morgan fingerprint density at radius 2 is 1.89 bits per heavy atom. The second-order valence-corrected chi connectivity index (χ2v) is 4.89. The van der Waals surface area contributed by atoms with Crippen molar-refractivity contribution in [2.45, 2.75) is 31.4 Å². The second kappa shape index (κ2) is 4.76. The molecule has 18 heavy (non-hydrogen) atoms. The zero-order valence-corrected chi connectivity index (χ0v) is 11.1. The standard InChI is InChI=1S/C14H20FNO2/c1-9(15)10-6-11(14(8-16)4-5-14)13(18-3)7-12(10)17-2/h6-7,9H,4-5,8,16H2,1-3H3. The first-order valence-electron chi connectivity index (χ1n) is 6.18. The molecule has 0 spiro atoms. The lowest BCUT2D eigenvalue weighted by atomic mass is 9.92. The molecular formula is C14H20FNO2. The van der Waals surface area contributed by atoms with Gasteiger partial charge in [-0.2, -0.15) is 0 Å². The molecule has 0 saturated heterocycles. The summed E-state index contributed by atoms with van der Waals surface area (Å²) in [6.45, 7) is 2.08. The smallest absolute Gasteiger partial charge is 0.128 e. The molecule has 1 saturated carbocycles. The van der Waals surface area contributed by atoms with E-state index >= 15 is 0 Å². The van der Waals surface area contributed by atoms with Crippen molar-refractivity contribution in [1.82, 2.24) is 0 Å². The Bertz CT molecular complexity index is 442. The summed E-state index contributed by atoms with van der Waals surface area (Å²) in [5.74, 6) is 1.26. The van der Waals surface area contributed by atoms with Gasteiger partial charge in [0, 0.05) is 29.2 Å². The van der Waals surface area contributed by atoms with Gasteiger partial charge in [-0.25, -0.2) is 4.39 Å². The number of hydrogen-bond donors (Lipinski definition) is 1. The first-order chi connectivity index (χ1) is 8.57. The lowest BCUT2D eigenvalue weighted by Crippen LogP contribution is -2.21. The van der Waals surface area contributed by atoms with Crippen molar-refractivity contribution in [3.8, 4) is 11.5 Å². The van der Waals surface area contributed by atoms with Gasteiger partial charge in [-0.15, -0.1) is 0 Å². The lowest BCUT2D eigenvalue weighted by molar-refractivity contribution is 0.341. The van der Waals surface area contributed by atoms with Crippen LogP contribution in [0, 0.1) is 0 Å². The van der Waals surface area contributed by atoms with Crippen molar-refractivity contribution >= 4 is 0 Å². The summed E-state index contributed by atoms with van der Waals surface area (Å²) in [4.78, 5) is 0. The van der Waals surface area contributed by atoms with E-state index in [-0.39, 0.29) is 5.41 Å². The molecule has 0 amide bonds. The molecule has 1 aliphatic rings. The molecule has 1 unspecified atom stereocenters. The van der Waals surface area contributed by atoms with Crippen LogP contribution in [0.3, 0.4) is 0 Å². The van der Waals surface area contributed by atoms with Crippen molar-refractivity contribution < 1.29 is 13.9 Å². The Labute approximate surface area is 107 Å². The quantitative estimate of drug-likeness (QED) is 0.877. The molecule has 100 valence electrons. The summed E-state index contributed by atoms with van der Waals surface area (Å²) in [6, 6.07) is 3.61. The Balaban J connectivity index is 2.54. The third-order valence-corrected chi connectivity index (χ3v) is 3.80. The van der Waals surface area contributed by atoms with Crippen LogP contribution in [0.15, 0.2) is 12.1 Å². The van der Waals surface area contributed by atoms with Crippen LogP contribution in [0.4, 0.5) is 4.39 Å². The van der Waals surface area contributed by atoms with Crippen molar-refractivity contribution in [3.05, 3.63) is 23.3 Å². The summed E-state index contributed by atoms with van der Waals surface area (Å²) in [6.07, 6.45) is 0.997. The van der Waals surface area contributed by atoms with E-state index in [4.69, 9.17) is 15.2 Å². The lowest BCUT2D eigenvalue weighted by Gasteiger charge is -2.20. The molecule has 3 nitrogen and oxygen atoms in total. The fourth-order valence-electron chi connectivity index (χ4n) is 2.38. The van der Waals surface area contributed by atoms with Gasteiger partial charge in [0.15, 0.2) is 0 Å². The molecule has 1 aromatic rings. The molecule has 0 radical (unpaired) electrons. The van der Waals surface area contributed by atoms with Crippen LogP contribution in [-0.2, 0) is 5.41 Å². The zero-order chi connectivity index (χ0) is 13.3. The zero-order valence-electron chi connectivity index (χ0n) is 11.1. The fraction of sp³-hybridized carbons (Fsp3) is 0.571. The molecule has 1 atom stereocenters. The Hall–Kier alpha value is -1.29. The Morgan fingerprint density at radius 3 is 2.28 bits per heavy atom. The van der Waals surface area contributed by atoms with Crippen molar-refractivity contribution in [2.24, 2.45) is 5.73 Å². The van der Waals surface area contributed by atoms with Crippen LogP contribution < -0.4 is 15.2 Å². The van der Waals surface area contributed by atoms with Crippen LogP contribution in [0.1, 0.15) is 37.1 Å². The molecule has 0 aromatic heterocycles. The first kappa shape index (κ1) is 13.1. The first-order valence-corrected chi connectivity index (χ1v) is 6.18. The average molecular weight is 253 g/mol. The van der Waals surface area contributed by atoms with E-state index in [0.29, 0.717) is 17.9 Å². The van der Waals surface area contributed by atoms with Gasteiger partial charge in [-0.05, 0) is 25.8 Å². The Morgan fingerprint density at radius 1 is 1.28 bits per heavy atom. The van der Waals surface area contributed by atoms with Crippen molar-refractivity contribution in [2.75, 3.05) is 20.8 Å². The minimum absolute atomic E-state index is 0.0265. The number of methoxy groups -OCH3 is 2. The number of benzene rings is 1. The number of halogens is 1. The highest BCUT2D eigenvalue weighted by Gasteiger charge is 2.45. The number of ether oxygens (including phenoxy) is 2. The molecule has 4 heteroatoms. The highest BCUT2D eigenvalue weighted by Crippen LogP contribution is 2.52. The van der Waals surface area contributed by atoms with E-state index in [2.05, 4.69) is 0 Å². The summed E-state index contributed by atoms with van der Waals surface area (Å²) in [7, 11) is 3.15. The third kappa shape index (κ3) is 2.05. The van der Waals surface area contributed by atoms with Gasteiger partial charge in [0.25, 0.3) is 0 Å². The maximum absolute atomic E-state index is 13.7. The summed E-state index contributed by atoms with van der Waals surface area (Å²) in [5.41, 5.74) is 7.38. The second-order valence-electron chi connectivity index (χ2n) is 4.89. The molecule has 1 aliphatic carbocycles. The van der Waals surface area contributed by atoms with Crippen LogP contribution in [-0.4, -0.2) is 20.8 Å².